The molecular weight excluding hydrogens is 366 g/mol. The fraction of sp³-hybridized carbons (Fsp3) is 0.450. The average Bonchev–Trinajstić information content (AvgIpc) is 2.99. The molecule has 150 valence electrons. The maximum absolute atomic E-state index is 12.8. The molecule has 4 atom stereocenters. The summed E-state index contributed by atoms with van der Waals surface area (Å²) >= 11 is 0. The smallest absolute Gasteiger partial charge is 0.411 e. The molecule has 0 bridgehead atoms. The first-order valence-corrected chi connectivity index (χ1v) is 9.00. The Morgan fingerprint density at radius 3 is 2.61 bits per heavy atom. The van der Waals surface area contributed by atoms with Crippen LogP contribution in [0.5, 0.6) is 0 Å². The summed E-state index contributed by atoms with van der Waals surface area (Å²) in [5.74, 6) is -1.11. The molecule has 1 aliphatic carbocycles. The van der Waals surface area contributed by atoms with Gasteiger partial charge in [-0.25, -0.2) is 9.59 Å². The topological polar surface area (TPSA) is 102 Å². The van der Waals surface area contributed by atoms with Crippen molar-refractivity contribution in [1.82, 2.24) is 4.90 Å². The van der Waals surface area contributed by atoms with Gasteiger partial charge in [0, 0.05) is 19.8 Å². The third-order valence-electron chi connectivity index (χ3n) is 5.03. The van der Waals surface area contributed by atoms with E-state index in [-0.39, 0.29) is 19.4 Å². The van der Waals surface area contributed by atoms with E-state index in [2.05, 4.69) is 0 Å². The predicted molar refractivity (Wildman–Crippen MR) is 96.9 cm³/mol. The zero-order valence-electron chi connectivity index (χ0n) is 15.7. The maximum Gasteiger partial charge on any atom is 0.411 e. The molecule has 1 aliphatic heterocycles. The summed E-state index contributed by atoms with van der Waals surface area (Å²) < 4.78 is 15.4. The SMILES string of the molecule is COC(=O)[C@@H]1C[C@@]2(O)C=C[C@@H](OC(C)=O)C[C@H]2N1C(=O)OCc1ccccc1. The largest absolute Gasteiger partial charge is 0.467 e. The average molecular weight is 389 g/mol. The molecule has 0 unspecified atom stereocenters. The van der Waals surface area contributed by atoms with E-state index >= 15 is 0 Å². The van der Waals surface area contributed by atoms with Crippen LogP contribution in [0.15, 0.2) is 42.5 Å². The highest BCUT2D eigenvalue weighted by atomic mass is 16.6. The molecule has 8 heteroatoms. The van der Waals surface area contributed by atoms with Gasteiger partial charge in [-0.3, -0.25) is 9.69 Å². The summed E-state index contributed by atoms with van der Waals surface area (Å²) in [6.07, 6.45) is 1.84. The summed E-state index contributed by atoms with van der Waals surface area (Å²) in [4.78, 5) is 37.6. The molecule has 0 aromatic heterocycles. The van der Waals surface area contributed by atoms with Crippen LogP contribution in [0.3, 0.4) is 0 Å². The van der Waals surface area contributed by atoms with Crippen molar-refractivity contribution in [2.75, 3.05) is 7.11 Å². The van der Waals surface area contributed by atoms with Gasteiger partial charge in [-0.1, -0.05) is 36.4 Å². The first-order chi connectivity index (χ1) is 13.3. The Bertz CT molecular complexity index is 778. The fourth-order valence-corrected chi connectivity index (χ4v) is 3.75. The molecule has 1 aromatic rings. The zero-order chi connectivity index (χ0) is 20.3. The number of carbonyl (C=O) groups excluding carboxylic acids is 3. The number of rotatable bonds is 4. The van der Waals surface area contributed by atoms with Gasteiger partial charge in [0.1, 0.15) is 24.4 Å². The fourth-order valence-electron chi connectivity index (χ4n) is 3.75. The molecule has 0 saturated carbocycles. The second-order valence-electron chi connectivity index (χ2n) is 6.94. The molecule has 1 heterocycles. The van der Waals surface area contributed by atoms with Gasteiger partial charge in [0.15, 0.2) is 0 Å². The lowest BCUT2D eigenvalue weighted by Crippen LogP contribution is -2.52. The molecule has 8 nitrogen and oxygen atoms in total. The van der Waals surface area contributed by atoms with E-state index in [0.29, 0.717) is 0 Å². The molecule has 1 fully saturated rings. The quantitative estimate of drug-likeness (QED) is 0.474. The number of methoxy groups -OCH3 is 1. The predicted octanol–water partition coefficient (Wildman–Crippen LogP) is 1.56. The Morgan fingerprint density at radius 1 is 1.25 bits per heavy atom. The zero-order valence-corrected chi connectivity index (χ0v) is 15.7. The Hall–Kier alpha value is -2.87. The van der Waals surface area contributed by atoms with Crippen molar-refractivity contribution in [2.45, 2.75) is 50.2 Å². The summed E-state index contributed by atoms with van der Waals surface area (Å²) in [6, 6.07) is 7.34. The summed E-state index contributed by atoms with van der Waals surface area (Å²) in [5.41, 5.74) is -0.636. The van der Waals surface area contributed by atoms with E-state index in [4.69, 9.17) is 14.2 Å². The molecule has 28 heavy (non-hydrogen) atoms. The lowest BCUT2D eigenvalue weighted by atomic mass is 9.84. The number of fused-ring (bicyclic) bond motifs is 1. The number of hydrogen-bond acceptors (Lipinski definition) is 7. The standard InChI is InChI=1S/C20H23NO7/c1-13(22)28-15-8-9-20(25)11-16(18(23)26-2)21(17(20)10-15)19(24)27-12-14-6-4-3-5-7-14/h3-9,15-17,25H,10-12H2,1-2H3/t15-,16+,17-,20+/m1/s1. The number of carbonyl (C=O) groups is 3. The number of esters is 2. The van der Waals surface area contributed by atoms with Crippen molar-refractivity contribution in [3.8, 4) is 0 Å². The highest BCUT2D eigenvalue weighted by Crippen LogP contribution is 2.41. The van der Waals surface area contributed by atoms with Gasteiger partial charge < -0.3 is 19.3 Å². The van der Waals surface area contributed by atoms with Crippen LogP contribution in [-0.2, 0) is 30.4 Å². The second-order valence-corrected chi connectivity index (χ2v) is 6.94. The molecule has 0 spiro atoms. The first-order valence-electron chi connectivity index (χ1n) is 9.00. The maximum atomic E-state index is 12.8. The Kier molecular flexibility index (Phi) is 5.69. The van der Waals surface area contributed by atoms with Gasteiger partial charge in [-0.2, -0.15) is 0 Å². The summed E-state index contributed by atoms with van der Waals surface area (Å²) in [6.45, 7) is 1.31. The van der Waals surface area contributed by atoms with E-state index in [1.54, 1.807) is 6.08 Å². The van der Waals surface area contributed by atoms with Crippen LogP contribution in [0.4, 0.5) is 4.79 Å². The molecule has 1 aromatic carbocycles. The minimum absolute atomic E-state index is 0.0198. The van der Waals surface area contributed by atoms with Crippen molar-refractivity contribution >= 4 is 18.0 Å². The van der Waals surface area contributed by atoms with Gasteiger partial charge >= 0.3 is 18.0 Å². The number of benzene rings is 1. The van der Waals surface area contributed by atoms with Crippen LogP contribution < -0.4 is 0 Å². The van der Waals surface area contributed by atoms with Crippen molar-refractivity contribution < 1.29 is 33.7 Å². The monoisotopic (exact) mass is 389 g/mol. The molecule has 1 N–H and O–H groups in total. The normalized spacial score (nSPS) is 28.4. The molecule has 3 rings (SSSR count). The van der Waals surface area contributed by atoms with Crippen LogP contribution >= 0.6 is 0 Å². The van der Waals surface area contributed by atoms with E-state index in [9.17, 15) is 19.5 Å². The Balaban J connectivity index is 1.81. The van der Waals surface area contributed by atoms with E-state index in [0.717, 1.165) is 5.56 Å². The van der Waals surface area contributed by atoms with Crippen LogP contribution in [-0.4, -0.2) is 58.9 Å². The number of hydrogen-bond donors (Lipinski definition) is 1. The van der Waals surface area contributed by atoms with Crippen molar-refractivity contribution in [2.24, 2.45) is 0 Å². The van der Waals surface area contributed by atoms with Crippen LogP contribution in [0, 0.1) is 0 Å². The van der Waals surface area contributed by atoms with Crippen LogP contribution in [0.25, 0.3) is 0 Å². The minimum Gasteiger partial charge on any atom is -0.467 e. The van der Waals surface area contributed by atoms with Gasteiger partial charge in [0.25, 0.3) is 0 Å². The molecule has 1 amide bonds. The molecule has 0 radical (unpaired) electrons. The highest BCUT2D eigenvalue weighted by molar-refractivity contribution is 5.83. The Labute approximate surface area is 162 Å². The molecule has 1 saturated heterocycles. The summed E-state index contributed by atoms with van der Waals surface area (Å²) in [7, 11) is 1.22. The third-order valence-corrected chi connectivity index (χ3v) is 5.03. The van der Waals surface area contributed by atoms with Crippen molar-refractivity contribution in [1.29, 1.82) is 0 Å². The Morgan fingerprint density at radius 2 is 1.96 bits per heavy atom. The van der Waals surface area contributed by atoms with Gasteiger partial charge in [-0.15, -0.1) is 0 Å². The number of nitrogens with zero attached hydrogens (tertiary/aromatic N) is 1. The van der Waals surface area contributed by atoms with Crippen molar-refractivity contribution in [3.05, 3.63) is 48.0 Å². The van der Waals surface area contributed by atoms with Crippen LogP contribution in [0.2, 0.25) is 0 Å². The van der Waals surface area contributed by atoms with E-state index in [1.807, 2.05) is 30.3 Å². The lowest BCUT2D eigenvalue weighted by molar-refractivity contribution is -0.148. The van der Waals surface area contributed by atoms with Gasteiger partial charge in [-0.05, 0) is 11.6 Å². The minimum atomic E-state index is -1.43. The molecular formula is C20H23NO7. The molecule has 2 aliphatic rings. The number of likely N-dealkylation sites (tertiary alicyclic amines) is 1. The highest BCUT2D eigenvalue weighted by Gasteiger charge is 2.57. The number of ether oxygens (including phenoxy) is 3. The van der Waals surface area contributed by atoms with Gasteiger partial charge in [0.05, 0.1) is 13.2 Å². The van der Waals surface area contributed by atoms with E-state index in [1.165, 1.54) is 25.0 Å². The van der Waals surface area contributed by atoms with Crippen molar-refractivity contribution in [3.63, 3.8) is 0 Å². The number of aliphatic hydroxyl groups is 1. The van der Waals surface area contributed by atoms with Gasteiger partial charge in [0.2, 0.25) is 0 Å². The third kappa shape index (κ3) is 4.01. The van der Waals surface area contributed by atoms with E-state index < -0.39 is 41.8 Å². The summed E-state index contributed by atoms with van der Waals surface area (Å²) in [5, 5.41) is 11.0. The lowest BCUT2D eigenvalue weighted by Gasteiger charge is -2.36. The first kappa shape index (κ1) is 19.9. The second kappa shape index (κ2) is 8.02. The van der Waals surface area contributed by atoms with Crippen LogP contribution in [0.1, 0.15) is 25.3 Å². The number of amides is 1.